The number of halogens is 1. The van der Waals surface area contributed by atoms with E-state index in [1.165, 1.54) is 0 Å². The number of hydrogen-bond acceptors (Lipinski definition) is 3. The molecule has 0 saturated carbocycles. The molecule has 5 heteroatoms. The van der Waals surface area contributed by atoms with Gasteiger partial charge in [-0.25, -0.2) is 4.68 Å². The molecule has 0 saturated heterocycles. The Bertz CT molecular complexity index is 478. The van der Waals surface area contributed by atoms with Gasteiger partial charge in [-0.3, -0.25) is 0 Å². The Morgan fingerprint density at radius 2 is 2.07 bits per heavy atom. The lowest BCUT2D eigenvalue weighted by molar-refractivity contribution is 0.701. The minimum atomic E-state index is 0.425. The van der Waals surface area contributed by atoms with Crippen LogP contribution < -0.4 is 11.5 Å². The zero-order valence-corrected chi connectivity index (χ0v) is 8.78. The summed E-state index contributed by atoms with van der Waals surface area (Å²) in [6.45, 7) is 0.573. The highest BCUT2D eigenvalue weighted by Gasteiger charge is 2.03. The Kier molecular flexibility index (Phi) is 2.51. The fourth-order valence-electron chi connectivity index (χ4n) is 1.39. The highest BCUT2D eigenvalue weighted by Crippen LogP contribution is 2.14. The monoisotopic (exact) mass is 222 g/mol. The van der Waals surface area contributed by atoms with Gasteiger partial charge < -0.3 is 11.5 Å². The molecule has 4 N–H and O–H groups in total. The number of nitrogens with zero attached hydrogens (tertiary/aromatic N) is 2. The summed E-state index contributed by atoms with van der Waals surface area (Å²) < 4.78 is 1.64. The van der Waals surface area contributed by atoms with Crippen LogP contribution in [0.4, 0.5) is 11.6 Å². The van der Waals surface area contributed by atoms with E-state index in [9.17, 15) is 0 Å². The molecular formula is C10H11ClN4. The van der Waals surface area contributed by atoms with Gasteiger partial charge in [0.2, 0.25) is 0 Å². The lowest BCUT2D eigenvalue weighted by atomic mass is 10.2. The summed E-state index contributed by atoms with van der Waals surface area (Å²) in [4.78, 5) is 0. The quantitative estimate of drug-likeness (QED) is 0.813. The lowest BCUT2D eigenvalue weighted by Crippen LogP contribution is -2.05. The van der Waals surface area contributed by atoms with Crippen molar-refractivity contribution in [3.63, 3.8) is 0 Å². The van der Waals surface area contributed by atoms with Gasteiger partial charge in [-0.2, -0.15) is 5.10 Å². The van der Waals surface area contributed by atoms with Crippen LogP contribution in [0.1, 0.15) is 5.56 Å². The van der Waals surface area contributed by atoms with Crippen LogP contribution in [0.3, 0.4) is 0 Å². The first-order chi connectivity index (χ1) is 7.15. The number of nitrogens with two attached hydrogens (primary N) is 2. The molecule has 0 bridgehead atoms. The third-order valence-corrected chi connectivity index (χ3v) is 2.29. The average Bonchev–Trinajstić information content (AvgIpc) is 2.45. The number of anilines is 2. The summed E-state index contributed by atoms with van der Waals surface area (Å²) >= 11 is 5.87. The first-order valence-electron chi connectivity index (χ1n) is 4.48. The normalized spacial score (nSPS) is 10.5. The second kappa shape index (κ2) is 3.82. The summed E-state index contributed by atoms with van der Waals surface area (Å²) in [5, 5.41) is 4.76. The molecule has 1 heterocycles. The lowest BCUT2D eigenvalue weighted by Gasteiger charge is -2.04. The second-order valence-corrected chi connectivity index (χ2v) is 3.72. The van der Waals surface area contributed by atoms with E-state index in [2.05, 4.69) is 5.10 Å². The molecule has 0 aliphatic rings. The SMILES string of the molecule is Nc1cc(N)n(Cc2cccc(Cl)c2)n1. The third-order valence-electron chi connectivity index (χ3n) is 2.05. The Morgan fingerprint density at radius 1 is 1.27 bits per heavy atom. The van der Waals surface area contributed by atoms with Crippen LogP contribution in [0.5, 0.6) is 0 Å². The molecule has 0 unspecified atom stereocenters. The van der Waals surface area contributed by atoms with Gasteiger partial charge in [0.15, 0.2) is 0 Å². The van der Waals surface area contributed by atoms with Crippen molar-refractivity contribution in [3.8, 4) is 0 Å². The minimum absolute atomic E-state index is 0.425. The molecular weight excluding hydrogens is 212 g/mol. The molecule has 0 aliphatic heterocycles. The van der Waals surface area contributed by atoms with Gasteiger partial charge in [0, 0.05) is 11.1 Å². The molecule has 15 heavy (non-hydrogen) atoms. The molecule has 2 aromatic rings. The van der Waals surface area contributed by atoms with E-state index in [-0.39, 0.29) is 0 Å². The van der Waals surface area contributed by atoms with Crippen molar-refractivity contribution in [1.29, 1.82) is 0 Å². The maximum absolute atomic E-state index is 5.87. The van der Waals surface area contributed by atoms with Crippen molar-refractivity contribution in [1.82, 2.24) is 9.78 Å². The average molecular weight is 223 g/mol. The largest absolute Gasteiger partial charge is 0.384 e. The van der Waals surface area contributed by atoms with Crippen molar-refractivity contribution in [2.45, 2.75) is 6.54 Å². The van der Waals surface area contributed by atoms with Crippen molar-refractivity contribution >= 4 is 23.2 Å². The van der Waals surface area contributed by atoms with Crippen LogP contribution in [0, 0.1) is 0 Å². The van der Waals surface area contributed by atoms with Crippen LogP contribution in [-0.4, -0.2) is 9.78 Å². The van der Waals surface area contributed by atoms with Gasteiger partial charge in [-0.15, -0.1) is 0 Å². The van der Waals surface area contributed by atoms with E-state index in [1.54, 1.807) is 10.7 Å². The molecule has 2 rings (SSSR count). The van der Waals surface area contributed by atoms with Gasteiger partial charge >= 0.3 is 0 Å². The molecule has 1 aromatic carbocycles. The van der Waals surface area contributed by atoms with E-state index in [0.717, 1.165) is 5.56 Å². The minimum Gasteiger partial charge on any atom is -0.384 e. The first kappa shape index (κ1) is 9.86. The molecule has 78 valence electrons. The summed E-state index contributed by atoms with van der Waals surface area (Å²) in [7, 11) is 0. The maximum Gasteiger partial charge on any atom is 0.147 e. The van der Waals surface area contributed by atoms with Crippen LogP contribution in [-0.2, 0) is 6.54 Å². The highest BCUT2D eigenvalue weighted by molar-refractivity contribution is 6.30. The van der Waals surface area contributed by atoms with Crippen LogP contribution in [0.2, 0.25) is 5.02 Å². The highest BCUT2D eigenvalue weighted by atomic mass is 35.5. The third kappa shape index (κ3) is 2.22. The summed E-state index contributed by atoms with van der Waals surface area (Å²) in [5.74, 6) is 0.974. The molecule has 0 fully saturated rings. The van der Waals surface area contributed by atoms with Crippen molar-refractivity contribution in [3.05, 3.63) is 40.9 Å². The predicted octanol–water partition coefficient (Wildman–Crippen LogP) is 1.75. The molecule has 4 nitrogen and oxygen atoms in total. The number of rotatable bonds is 2. The zero-order valence-electron chi connectivity index (χ0n) is 8.02. The number of benzene rings is 1. The fourth-order valence-corrected chi connectivity index (χ4v) is 1.60. The van der Waals surface area contributed by atoms with Crippen molar-refractivity contribution < 1.29 is 0 Å². The fraction of sp³-hybridized carbons (Fsp3) is 0.100. The summed E-state index contributed by atoms with van der Waals surface area (Å²) in [6.07, 6.45) is 0. The molecule has 0 aliphatic carbocycles. The van der Waals surface area contributed by atoms with E-state index in [4.69, 9.17) is 23.1 Å². The summed E-state index contributed by atoms with van der Waals surface area (Å²) in [6, 6.07) is 9.18. The second-order valence-electron chi connectivity index (χ2n) is 3.28. The molecule has 0 radical (unpaired) electrons. The van der Waals surface area contributed by atoms with E-state index >= 15 is 0 Å². The Morgan fingerprint density at radius 3 is 2.67 bits per heavy atom. The molecule has 0 spiro atoms. The van der Waals surface area contributed by atoms with E-state index < -0.39 is 0 Å². The van der Waals surface area contributed by atoms with Gasteiger partial charge in [0.25, 0.3) is 0 Å². The Hall–Kier alpha value is -1.68. The van der Waals surface area contributed by atoms with Crippen molar-refractivity contribution in [2.24, 2.45) is 0 Å². The van der Waals surface area contributed by atoms with Gasteiger partial charge in [-0.05, 0) is 17.7 Å². The number of nitrogen functional groups attached to an aromatic ring is 2. The number of hydrogen-bond donors (Lipinski definition) is 2. The predicted molar refractivity (Wildman–Crippen MR) is 61.6 cm³/mol. The maximum atomic E-state index is 5.87. The van der Waals surface area contributed by atoms with Gasteiger partial charge in [0.05, 0.1) is 6.54 Å². The smallest absolute Gasteiger partial charge is 0.147 e. The molecule has 0 amide bonds. The van der Waals surface area contributed by atoms with Gasteiger partial charge in [0.1, 0.15) is 11.6 Å². The van der Waals surface area contributed by atoms with Crippen LogP contribution in [0.25, 0.3) is 0 Å². The Balaban J connectivity index is 2.25. The zero-order chi connectivity index (χ0) is 10.8. The first-order valence-corrected chi connectivity index (χ1v) is 4.86. The van der Waals surface area contributed by atoms with Gasteiger partial charge in [-0.1, -0.05) is 23.7 Å². The summed E-state index contributed by atoms with van der Waals surface area (Å²) in [5.41, 5.74) is 12.3. The topological polar surface area (TPSA) is 69.9 Å². The van der Waals surface area contributed by atoms with E-state index in [1.807, 2.05) is 24.3 Å². The van der Waals surface area contributed by atoms with Crippen LogP contribution in [0.15, 0.2) is 30.3 Å². The number of aromatic nitrogens is 2. The Labute approximate surface area is 92.4 Å². The standard InChI is InChI=1S/C10H11ClN4/c11-8-3-1-2-7(4-8)6-15-10(13)5-9(12)14-15/h1-5H,6,13H2,(H2,12,14). The molecule has 0 atom stereocenters. The molecule has 1 aromatic heterocycles. The van der Waals surface area contributed by atoms with Crippen molar-refractivity contribution in [2.75, 3.05) is 11.5 Å². The van der Waals surface area contributed by atoms with E-state index in [0.29, 0.717) is 23.2 Å². The van der Waals surface area contributed by atoms with Crippen LogP contribution >= 0.6 is 11.6 Å².